The van der Waals surface area contributed by atoms with E-state index >= 15 is 0 Å². The third-order valence-corrected chi connectivity index (χ3v) is 3.31. The number of nitrogens with one attached hydrogen (secondary N) is 3. The van der Waals surface area contributed by atoms with Gasteiger partial charge in [-0.15, -0.1) is 0 Å². The van der Waals surface area contributed by atoms with Crippen LogP contribution in [0.4, 0.5) is 42.1 Å². The van der Waals surface area contributed by atoms with Crippen molar-refractivity contribution in [2.45, 2.75) is 13.1 Å². The van der Waals surface area contributed by atoms with Crippen molar-refractivity contribution in [2.24, 2.45) is 0 Å². The lowest BCUT2D eigenvalue weighted by molar-refractivity contribution is -0.384. The first-order valence-electron chi connectivity index (χ1n) is 7.47. The quantitative estimate of drug-likeness (QED) is 0.454. The Morgan fingerprint density at radius 2 is 1.78 bits per heavy atom. The van der Waals surface area contributed by atoms with E-state index in [0.29, 0.717) is 17.2 Å². The van der Waals surface area contributed by atoms with Crippen LogP contribution in [0.3, 0.4) is 0 Å². The Balaban J connectivity index is 1.91. The van der Waals surface area contributed by atoms with Crippen LogP contribution in [-0.4, -0.2) is 25.1 Å². The van der Waals surface area contributed by atoms with Crippen molar-refractivity contribution in [3.63, 3.8) is 0 Å². The Bertz CT molecular complexity index is 970. The summed E-state index contributed by atoms with van der Waals surface area (Å²) < 4.78 is 39.4. The number of nitrogens with zero attached hydrogens (tertiary/aromatic N) is 4. The summed E-state index contributed by atoms with van der Waals surface area (Å²) >= 11 is 0. The van der Waals surface area contributed by atoms with Crippen LogP contribution in [-0.2, 0) is 6.18 Å². The molecular formula is C15H12F3N7O2. The fourth-order valence-corrected chi connectivity index (χ4v) is 2.12. The van der Waals surface area contributed by atoms with E-state index in [2.05, 4.69) is 30.8 Å². The molecule has 0 spiro atoms. The molecule has 0 bridgehead atoms. The summed E-state index contributed by atoms with van der Waals surface area (Å²) in [6.07, 6.45) is -4.69. The summed E-state index contributed by atoms with van der Waals surface area (Å²) in [5.74, 6) is -0.151. The van der Waals surface area contributed by atoms with E-state index < -0.39 is 16.8 Å². The van der Waals surface area contributed by atoms with Crippen molar-refractivity contribution in [1.82, 2.24) is 20.2 Å². The number of nitro groups is 1. The lowest BCUT2D eigenvalue weighted by Gasteiger charge is -2.12. The van der Waals surface area contributed by atoms with Gasteiger partial charge in [-0.3, -0.25) is 15.2 Å². The first-order chi connectivity index (χ1) is 12.7. The van der Waals surface area contributed by atoms with Crippen LogP contribution in [0.1, 0.15) is 11.4 Å². The molecule has 0 aliphatic carbocycles. The molecule has 0 saturated heterocycles. The fraction of sp³-hybridized carbons (Fsp3) is 0.133. The number of anilines is 4. The van der Waals surface area contributed by atoms with E-state index in [4.69, 9.17) is 0 Å². The summed E-state index contributed by atoms with van der Waals surface area (Å²) in [6.45, 7) is 1.74. The molecule has 1 aromatic carbocycles. The number of halogens is 3. The van der Waals surface area contributed by atoms with Gasteiger partial charge in [0.2, 0.25) is 5.95 Å². The summed E-state index contributed by atoms with van der Waals surface area (Å²) in [6, 6.07) is 7.45. The molecule has 3 N–H and O–H groups in total. The monoisotopic (exact) mass is 379 g/mol. The standard InChI is InChI=1S/C15H12F3N7O2/c1-8-6-13(24-23-8)21-12-7-11(15(16,17)18)20-14(22-12)19-9-2-4-10(5-3-9)25(26)27/h2-7H,1H3,(H3,19,20,21,22,23,24). The molecule has 27 heavy (non-hydrogen) atoms. The number of H-pyrrole nitrogens is 1. The summed E-state index contributed by atoms with van der Waals surface area (Å²) in [7, 11) is 0. The first-order valence-corrected chi connectivity index (χ1v) is 7.47. The van der Waals surface area contributed by atoms with Crippen LogP contribution >= 0.6 is 0 Å². The van der Waals surface area contributed by atoms with Gasteiger partial charge in [-0.1, -0.05) is 0 Å². The number of aromatic amines is 1. The Kier molecular flexibility index (Phi) is 4.62. The molecule has 3 aromatic rings. The fourth-order valence-electron chi connectivity index (χ4n) is 2.12. The van der Waals surface area contributed by atoms with E-state index in [1.165, 1.54) is 24.3 Å². The molecule has 0 amide bonds. The lowest BCUT2D eigenvalue weighted by atomic mass is 10.3. The van der Waals surface area contributed by atoms with Crippen LogP contribution in [0.15, 0.2) is 36.4 Å². The minimum Gasteiger partial charge on any atom is -0.324 e. The van der Waals surface area contributed by atoms with Gasteiger partial charge in [-0.2, -0.15) is 23.3 Å². The van der Waals surface area contributed by atoms with Crippen LogP contribution in [0, 0.1) is 17.0 Å². The van der Waals surface area contributed by atoms with Gasteiger partial charge in [-0.05, 0) is 19.1 Å². The second-order valence-electron chi connectivity index (χ2n) is 5.45. The molecule has 2 heterocycles. The smallest absolute Gasteiger partial charge is 0.324 e. The number of benzene rings is 1. The number of hydrogen-bond donors (Lipinski definition) is 3. The number of rotatable bonds is 5. The molecule has 12 heteroatoms. The molecule has 0 fully saturated rings. The summed E-state index contributed by atoms with van der Waals surface area (Å²) in [5, 5.41) is 22.5. The molecule has 9 nitrogen and oxygen atoms in total. The highest BCUT2D eigenvalue weighted by atomic mass is 19.4. The largest absolute Gasteiger partial charge is 0.433 e. The van der Waals surface area contributed by atoms with E-state index in [-0.39, 0.29) is 17.5 Å². The lowest BCUT2D eigenvalue weighted by Crippen LogP contribution is -2.12. The van der Waals surface area contributed by atoms with Gasteiger partial charge in [0, 0.05) is 35.6 Å². The number of aryl methyl sites for hydroxylation is 1. The Hall–Kier alpha value is -3.70. The predicted molar refractivity (Wildman–Crippen MR) is 90.0 cm³/mol. The van der Waals surface area contributed by atoms with Gasteiger partial charge in [0.05, 0.1) is 4.92 Å². The van der Waals surface area contributed by atoms with Crippen LogP contribution < -0.4 is 10.6 Å². The van der Waals surface area contributed by atoms with E-state index in [9.17, 15) is 23.3 Å². The topological polar surface area (TPSA) is 122 Å². The number of alkyl halides is 3. The third kappa shape index (κ3) is 4.48. The molecule has 2 aromatic heterocycles. The average molecular weight is 379 g/mol. The Morgan fingerprint density at radius 1 is 1.07 bits per heavy atom. The maximum Gasteiger partial charge on any atom is 0.433 e. The summed E-state index contributed by atoms with van der Waals surface area (Å²) in [4.78, 5) is 17.5. The molecule has 0 aliphatic heterocycles. The number of non-ortho nitro benzene ring substituents is 1. The third-order valence-electron chi connectivity index (χ3n) is 3.31. The molecule has 140 valence electrons. The van der Waals surface area contributed by atoms with Gasteiger partial charge < -0.3 is 10.6 Å². The minimum absolute atomic E-state index is 0.117. The van der Waals surface area contributed by atoms with Gasteiger partial charge >= 0.3 is 6.18 Å². The van der Waals surface area contributed by atoms with Gasteiger partial charge in [-0.25, -0.2) is 4.98 Å². The zero-order chi connectivity index (χ0) is 19.6. The highest BCUT2D eigenvalue weighted by Gasteiger charge is 2.34. The zero-order valence-corrected chi connectivity index (χ0v) is 13.7. The highest BCUT2D eigenvalue weighted by Crippen LogP contribution is 2.31. The van der Waals surface area contributed by atoms with E-state index in [1.54, 1.807) is 13.0 Å². The Labute approximate surface area is 149 Å². The second-order valence-corrected chi connectivity index (χ2v) is 5.45. The maximum atomic E-state index is 13.1. The van der Waals surface area contributed by atoms with Gasteiger partial charge in [0.25, 0.3) is 5.69 Å². The molecule has 0 aliphatic rings. The molecule has 0 unspecified atom stereocenters. The SMILES string of the molecule is Cc1cc(Nc2cc(C(F)(F)F)nc(Nc3ccc([N+](=O)[O-])cc3)n2)n[nH]1. The van der Waals surface area contributed by atoms with Crippen molar-refractivity contribution >= 4 is 29.0 Å². The van der Waals surface area contributed by atoms with Crippen molar-refractivity contribution in [2.75, 3.05) is 10.6 Å². The predicted octanol–water partition coefficient (Wildman–Crippen LogP) is 3.92. The molecule has 0 atom stereocenters. The number of nitro benzene ring substituents is 1. The average Bonchev–Trinajstić information content (AvgIpc) is 2.99. The summed E-state index contributed by atoms with van der Waals surface area (Å²) in [5.41, 5.74) is -0.299. The van der Waals surface area contributed by atoms with Crippen molar-refractivity contribution in [3.05, 3.63) is 57.9 Å². The van der Waals surface area contributed by atoms with E-state index in [0.717, 1.165) is 6.07 Å². The maximum absolute atomic E-state index is 13.1. The second kappa shape index (κ2) is 6.90. The first kappa shape index (κ1) is 18.1. The molecule has 3 rings (SSSR count). The van der Waals surface area contributed by atoms with Crippen molar-refractivity contribution in [3.8, 4) is 0 Å². The van der Waals surface area contributed by atoms with Crippen LogP contribution in [0.25, 0.3) is 0 Å². The van der Waals surface area contributed by atoms with Crippen LogP contribution in [0.5, 0.6) is 0 Å². The zero-order valence-electron chi connectivity index (χ0n) is 13.7. The van der Waals surface area contributed by atoms with Crippen LogP contribution in [0.2, 0.25) is 0 Å². The molecule has 0 radical (unpaired) electrons. The van der Waals surface area contributed by atoms with Gasteiger partial charge in [0.1, 0.15) is 5.82 Å². The normalized spacial score (nSPS) is 11.3. The number of hydrogen-bond acceptors (Lipinski definition) is 7. The Morgan fingerprint density at radius 3 is 2.33 bits per heavy atom. The van der Waals surface area contributed by atoms with Crippen molar-refractivity contribution < 1.29 is 18.1 Å². The van der Waals surface area contributed by atoms with Gasteiger partial charge in [0.15, 0.2) is 11.5 Å². The number of aromatic nitrogens is 4. The van der Waals surface area contributed by atoms with E-state index in [1.807, 2.05) is 0 Å². The highest BCUT2D eigenvalue weighted by molar-refractivity contribution is 5.59. The van der Waals surface area contributed by atoms with Crippen molar-refractivity contribution in [1.29, 1.82) is 0 Å². The minimum atomic E-state index is -4.69. The molecule has 0 saturated carbocycles. The molecular weight excluding hydrogens is 367 g/mol.